The average molecular weight is 452 g/mol. The van der Waals surface area contributed by atoms with E-state index in [1.807, 2.05) is 32.0 Å². The van der Waals surface area contributed by atoms with E-state index in [1.54, 1.807) is 22.7 Å². The molecule has 11 heteroatoms. The van der Waals surface area contributed by atoms with Crippen molar-refractivity contribution in [1.29, 1.82) is 0 Å². The number of anilines is 2. The molecule has 0 aliphatic carbocycles. The minimum atomic E-state index is -4.06. The molecule has 0 fully saturated rings. The summed E-state index contributed by atoms with van der Waals surface area (Å²) in [6, 6.07) is 10.0. The Morgan fingerprint density at radius 3 is 2.59 bits per heavy atom. The number of nitrogens with one attached hydrogen (secondary N) is 2. The van der Waals surface area contributed by atoms with Gasteiger partial charge in [0.1, 0.15) is 6.33 Å². The Morgan fingerprint density at radius 2 is 1.88 bits per heavy atom. The first-order valence-corrected chi connectivity index (χ1v) is 11.0. The number of fused-ring (bicyclic) bond motifs is 1. The van der Waals surface area contributed by atoms with E-state index in [0.717, 1.165) is 11.1 Å². The summed E-state index contributed by atoms with van der Waals surface area (Å²) in [6.45, 7) is 3.62. The van der Waals surface area contributed by atoms with Crippen molar-refractivity contribution in [3.05, 3.63) is 71.8 Å². The third-order valence-corrected chi connectivity index (χ3v) is 6.19. The maximum absolute atomic E-state index is 13.2. The molecule has 0 saturated heterocycles. The molecule has 10 nitrogen and oxygen atoms in total. The van der Waals surface area contributed by atoms with Crippen LogP contribution >= 0.6 is 0 Å². The highest BCUT2D eigenvalue weighted by molar-refractivity contribution is 7.92. The summed E-state index contributed by atoms with van der Waals surface area (Å²) in [7, 11) is -2.74. The zero-order valence-corrected chi connectivity index (χ0v) is 18.3. The van der Waals surface area contributed by atoms with Crippen molar-refractivity contribution in [2.24, 2.45) is 0 Å². The van der Waals surface area contributed by atoms with Crippen molar-refractivity contribution in [2.75, 3.05) is 17.1 Å². The molecule has 3 aromatic heterocycles. The second-order valence-corrected chi connectivity index (χ2v) is 8.69. The molecule has 0 aliphatic rings. The normalized spacial score (nSPS) is 11.3. The van der Waals surface area contributed by atoms with Gasteiger partial charge in [0, 0.05) is 6.20 Å². The Bertz CT molecular complexity index is 1410. The van der Waals surface area contributed by atoms with E-state index in [-0.39, 0.29) is 22.0 Å². The lowest BCUT2D eigenvalue weighted by molar-refractivity contribution is 0.102. The standard InChI is InChI=1S/C21H20N6O4S/c1-13-6-4-7-14(2)18(13)26-32(29,30)17-10-15(11-22-21(17)31-3)24-20(28)16-8-5-9-27-12-23-25-19(16)27/h4-12,26H,1-3H3,(H,24,28). The van der Waals surface area contributed by atoms with Crippen molar-refractivity contribution in [2.45, 2.75) is 18.7 Å². The number of carbonyl (C=O) groups is 1. The second-order valence-electron chi connectivity index (χ2n) is 7.04. The SMILES string of the molecule is COc1ncc(NC(=O)c2cccn3cnnc23)cc1S(=O)(=O)Nc1c(C)cccc1C. The van der Waals surface area contributed by atoms with Gasteiger partial charge in [0.15, 0.2) is 10.5 Å². The van der Waals surface area contributed by atoms with Gasteiger partial charge in [0.05, 0.1) is 30.2 Å². The lowest BCUT2D eigenvalue weighted by atomic mass is 10.1. The fourth-order valence-corrected chi connectivity index (χ4v) is 4.59. The predicted octanol–water partition coefficient (Wildman–Crippen LogP) is 2.80. The van der Waals surface area contributed by atoms with Crippen molar-refractivity contribution >= 4 is 33.0 Å². The van der Waals surface area contributed by atoms with E-state index < -0.39 is 15.9 Å². The quantitative estimate of drug-likeness (QED) is 0.460. The van der Waals surface area contributed by atoms with Crippen LogP contribution in [0.15, 0.2) is 60.0 Å². The number of rotatable bonds is 6. The zero-order valence-electron chi connectivity index (χ0n) is 17.5. The van der Waals surface area contributed by atoms with Crippen LogP contribution in [0.1, 0.15) is 21.5 Å². The molecular formula is C21H20N6O4S. The third kappa shape index (κ3) is 3.97. The monoisotopic (exact) mass is 452 g/mol. The molecular weight excluding hydrogens is 432 g/mol. The van der Waals surface area contributed by atoms with Gasteiger partial charge in [-0.1, -0.05) is 18.2 Å². The molecule has 0 radical (unpaired) electrons. The summed E-state index contributed by atoms with van der Waals surface area (Å²) < 4.78 is 35.7. The van der Waals surface area contributed by atoms with Crippen LogP contribution in [0.25, 0.3) is 5.65 Å². The van der Waals surface area contributed by atoms with Crippen LogP contribution in [0.5, 0.6) is 5.88 Å². The number of carbonyl (C=O) groups excluding carboxylic acids is 1. The van der Waals surface area contributed by atoms with Gasteiger partial charge in [-0.15, -0.1) is 10.2 Å². The average Bonchev–Trinajstić information content (AvgIpc) is 3.25. The molecule has 0 bridgehead atoms. The number of methoxy groups -OCH3 is 1. The van der Waals surface area contributed by atoms with E-state index in [9.17, 15) is 13.2 Å². The second kappa shape index (κ2) is 8.27. The van der Waals surface area contributed by atoms with Crippen LogP contribution in [-0.4, -0.2) is 41.0 Å². The molecule has 0 unspecified atom stereocenters. The number of hydrogen-bond acceptors (Lipinski definition) is 7. The molecule has 0 spiro atoms. The number of nitrogens with zero attached hydrogens (tertiary/aromatic N) is 4. The van der Waals surface area contributed by atoms with Crippen LogP contribution in [0.3, 0.4) is 0 Å². The molecule has 1 amide bonds. The summed E-state index contributed by atoms with van der Waals surface area (Å²) in [5, 5.41) is 10.4. The summed E-state index contributed by atoms with van der Waals surface area (Å²) in [6.07, 6.45) is 4.51. The lowest BCUT2D eigenvalue weighted by Crippen LogP contribution is -2.18. The van der Waals surface area contributed by atoms with E-state index >= 15 is 0 Å². The van der Waals surface area contributed by atoms with Crippen molar-refractivity contribution in [1.82, 2.24) is 19.6 Å². The first kappa shape index (κ1) is 21.2. The predicted molar refractivity (Wildman–Crippen MR) is 118 cm³/mol. The number of ether oxygens (including phenoxy) is 1. The molecule has 2 N–H and O–H groups in total. The van der Waals surface area contributed by atoms with Crippen LogP contribution in [0, 0.1) is 13.8 Å². The highest BCUT2D eigenvalue weighted by atomic mass is 32.2. The number of aromatic nitrogens is 4. The van der Waals surface area contributed by atoms with Crippen LogP contribution < -0.4 is 14.8 Å². The van der Waals surface area contributed by atoms with E-state index in [0.29, 0.717) is 11.3 Å². The fraction of sp³-hybridized carbons (Fsp3) is 0.143. The van der Waals surface area contributed by atoms with E-state index in [4.69, 9.17) is 4.74 Å². The molecule has 0 aliphatic heterocycles. The van der Waals surface area contributed by atoms with Gasteiger partial charge in [0.25, 0.3) is 15.9 Å². The highest BCUT2D eigenvalue weighted by Gasteiger charge is 2.24. The topological polar surface area (TPSA) is 128 Å². The number of amides is 1. The van der Waals surface area contributed by atoms with Gasteiger partial charge < -0.3 is 10.1 Å². The highest BCUT2D eigenvalue weighted by Crippen LogP contribution is 2.29. The van der Waals surface area contributed by atoms with Crippen molar-refractivity contribution in [3.63, 3.8) is 0 Å². The molecule has 164 valence electrons. The van der Waals surface area contributed by atoms with Crippen molar-refractivity contribution in [3.8, 4) is 5.88 Å². The van der Waals surface area contributed by atoms with E-state index in [2.05, 4.69) is 25.2 Å². The van der Waals surface area contributed by atoms with Crippen LogP contribution in [0.4, 0.5) is 11.4 Å². The largest absolute Gasteiger partial charge is 0.480 e. The Kier molecular flexibility index (Phi) is 5.49. The smallest absolute Gasteiger partial charge is 0.267 e. The summed E-state index contributed by atoms with van der Waals surface area (Å²) in [5.74, 6) is -0.581. The number of hydrogen-bond donors (Lipinski definition) is 2. The fourth-order valence-electron chi connectivity index (χ4n) is 3.24. The molecule has 4 aromatic rings. The van der Waals surface area contributed by atoms with Gasteiger partial charge in [-0.3, -0.25) is 13.9 Å². The summed E-state index contributed by atoms with van der Waals surface area (Å²) in [5.41, 5.74) is 2.84. The van der Waals surface area contributed by atoms with Gasteiger partial charge in [0.2, 0.25) is 5.88 Å². The van der Waals surface area contributed by atoms with Gasteiger partial charge >= 0.3 is 0 Å². The number of para-hydroxylation sites is 1. The lowest BCUT2D eigenvalue weighted by Gasteiger charge is -2.15. The number of benzene rings is 1. The summed E-state index contributed by atoms with van der Waals surface area (Å²) in [4.78, 5) is 16.7. The molecule has 32 heavy (non-hydrogen) atoms. The molecule has 0 atom stereocenters. The molecule has 3 heterocycles. The molecule has 0 saturated carbocycles. The van der Waals surface area contributed by atoms with E-state index in [1.165, 1.54) is 25.7 Å². The van der Waals surface area contributed by atoms with Crippen LogP contribution in [-0.2, 0) is 10.0 Å². The Hall–Kier alpha value is -3.99. The zero-order chi connectivity index (χ0) is 22.9. The Labute approximate surface area is 184 Å². The van der Waals surface area contributed by atoms with Gasteiger partial charge in [-0.05, 0) is 43.2 Å². The first-order chi connectivity index (χ1) is 15.3. The number of aryl methyl sites for hydroxylation is 2. The maximum atomic E-state index is 13.2. The minimum absolute atomic E-state index is 0.0960. The van der Waals surface area contributed by atoms with Gasteiger partial charge in [-0.25, -0.2) is 13.4 Å². The van der Waals surface area contributed by atoms with Crippen molar-refractivity contribution < 1.29 is 17.9 Å². The Balaban J connectivity index is 1.68. The number of pyridine rings is 2. The summed E-state index contributed by atoms with van der Waals surface area (Å²) >= 11 is 0. The van der Waals surface area contributed by atoms with Crippen LogP contribution in [0.2, 0.25) is 0 Å². The number of sulfonamides is 1. The minimum Gasteiger partial charge on any atom is -0.480 e. The third-order valence-electron chi connectivity index (χ3n) is 4.84. The first-order valence-electron chi connectivity index (χ1n) is 9.53. The molecule has 4 rings (SSSR count). The Morgan fingerprint density at radius 1 is 1.12 bits per heavy atom. The maximum Gasteiger partial charge on any atom is 0.267 e. The molecule has 1 aromatic carbocycles. The van der Waals surface area contributed by atoms with Gasteiger partial charge in [-0.2, -0.15) is 0 Å².